The third kappa shape index (κ3) is 3.54. The summed E-state index contributed by atoms with van der Waals surface area (Å²) in [6.45, 7) is 5.42. The highest BCUT2D eigenvalue weighted by atomic mass is 16.3. The van der Waals surface area contributed by atoms with Gasteiger partial charge in [0, 0.05) is 32.7 Å². The molecule has 1 aliphatic heterocycles. The lowest BCUT2D eigenvalue weighted by Gasteiger charge is -2.25. The maximum Gasteiger partial charge on any atom is 0.273 e. The standard InChI is InChI=1S/C13H20N4O2/c18-13(15-7-10-1-2-10)11-9-19-12(16-11)8-17-5-3-14-4-6-17/h9-10,14H,1-8H2,(H,15,18). The van der Waals surface area contributed by atoms with Crippen LogP contribution < -0.4 is 10.6 Å². The second kappa shape index (κ2) is 5.71. The summed E-state index contributed by atoms with van der Waals surface area (Å²) in [6.07, 6.45) is 3.92. The Morgan fingerprint density at radius 2 is 2.26 bits per heavy atom. The zero-order chi connectivity index (χ0) is 13.1. The van der Waals surface area contributed by atoms with E-state index in [1.807, 2.05) is 0 Å². The lowest BCUT2D eigenvalue weighted by molar-refractivity contribution is 0.0946. The maximum atomic E-state index is 11.8. The van der Waals surface area contributed by atoms with Crippen LogP contribution in [0.5, 0.6) is 0 Å². The van der Waals surface area contributed by atoms with Crippen molar-refractivity contribution in [3.63, 3.8) is 0 Å². The van der Waals surface area contributed by atoms with Crippen molar-refractivity contribution < 1.29 is 9.21 Å². The fourth-order valence-corrected chi connectivity index (χ4v) is 2.20. The fourth-order valence-electron chi connectivity index (χ4n) is 2.20. The summed E-state index contributed by atoms with van der Waals surface area (Å²) in [5.41, 5.74) is 0.394. The summed E-state index contributed by atoms with van der Waals surface area (Å²) in [5, 5.41) is 6.19. The predicted octanol–water partition coefficient (Wildman–Crippen LogP) is 0.220. The van der Waals surface area contributed by atoms with Gasteiger partial charge in [0.05, 0.1) is 6.54 Å². The van der Waals surface area contributed by atoms with Crippen molar-refractivity contribution in [2.75, 3.05) is 32.7 Å². The predicted molar refractivity (Wildman–Crippen MR) is 69.7 cm³/mol. The molecule has 6 nitrogen and oxygen atoms in total. The zero-order valence-corrected chi connectivity index (χ0v) is 11.0. The van der Waals surface area contributed by atoms with Crippen molar-refractivity contribution in [2.24, 2.45) is 5.92 Å². The van der Waals surface area contributed by atoms with Gasteiger partial charge in [-0.3, -0.25) is 9.69 Å². The Labute approximate surface area is 112 Å². The van der Waals surface area contributed by atoms with Gasteiger partial charge in [0.25, 0.3) is 5.91 Å². The van der Waals surface area contributed by atoms with E-state index in [2.05, 4.69) is 20.5 Å². The Bertz CT molecular complexity index is 436. The van der Waals surface area contributed by atoms with Gasteiger partial charge in [-0.1, -0.05) is 0 Å². The van der Waals surface area contributed by atoms with E-state index in [0.29, 0.717) is 24.0 Å². The summed E-state index contributed by atoms with van der Waals surface area (Å²) in [5.74, 6) is 1.18. The number of nitrogens with zero attached hydrogens (tertiary/aromatic N) is 2. The molecule has 0 atom stereocenters. The SMILES string of the molecule is O=C(NCC1CC1)c1coc(CN2CCNCC2)n1. The number of aromatic nitrogens is 1. The molecule has 2 heterocycles. The average Bonchev–Trinajstić information content (AvgIpc) is 3.16. The molecule has 0 unspecified atom stereocenters. The van der Waals surface area contributed by atoms with Gasteiger partial charge in [0.15, 0.2) is 5.69 Å². The summed E-state index contributed by atoms with van der Waals surface area (Å²) < 4.78 is 5.38. The van der Waals surface area contributed by atoms with E-state index in [1.54, 1.807) is 0 Å². The van der Waals surface area contributed by atoms with E-state index >= 15 is 0 Å². The van der Waals surface area contributed by atoms with Crippen LogP contribution in [0.1, 0.15) is 29.2 Å². The molecule has 1 aliphatic carbocycles. The Hall–Kier alpha value is -1.40. The molecule has 2 aliphatic rings. The smallest absolute Gasteiger partial charge is 0.273 e. The second-order valence-electron chi connectivity index (χ2n) is 5.31. The highest BCUT2D eigenvalue weighted by Gasteiger charge is 2.23. The molecular weight excluding hydrogens is 244 g/mol. The van der Waals surface area contributed by atoms with Gasteiger partial charge in [-0.15, -0.1) is 0 Å². The van der Waals surface area contributed by atoms with Gasteiger partial charge >= 0.3 is 0 Å². The summed E-state index contributed by atoms with van der Waals surface area (Å²) in [4.78, 5) is 18.4. The van der Waals surface area contributed by atoms with Crippen molar-refractivity contribution in [2.45, 2.75) is 19.4 Å². The number of rotatable bonds is 5. The van der Waals surface area contributed by atoms with Crippen LogP contribution in [0.2, 0.25) is 0 Å². The first kappa shape index (κ1) is 12.6. The first-order valence-electron chi connectivity index (χ1n) is 6.97. The molecule has 3 rings (SSSR count). The molecule has 0 aromatic carbocycles. The molecule has 6 heteroatoms. The van der Waals surface area contributed by atoms with Gasteiger partial charge in [-0.05, 0) is 18.8 Å². The van der Waals surface area contributed by atoms with Crippen LogP contribution in [0.25, 0.3) is 0 Å². The van der Waals surface area contributed by atoms with Crippen molar-refractivity contribution in [3.8, 4) is 0 Å². The summed E-state index contributed by atoms with van der Waals surface area (Å²) >= 11 is 0. The minimum atomic E-state index is -0.123. The number of hydrogen-bond acceptors (Lipinski definition) is 5. The molecule has 2 N–H and O–H groups in total. The topological polar surface area (TPSA) is 70.4 Å². The quantitative estimate of drug-likeness (QED) is 0.796. The van der Waals surface area contributed by atoms with E-state index in [1.165, 1.54) is 19.1 Å². The fraction of sp³-hybridized carbons (Fsp3) is 0.692. The molecule has 0 spiro atoms. The van der Waals surface area contributed by atoms with Gasteiger partial charge < -0.3 is 15.1 Å². The number of carbonyl (C=O) groups is 1. The van der Waals surface area contributed by atoms with Crippen molar-refractivity contribution in [1.29, 1.82) is 0 Å². The Morgan fingerprint density at radius 3 is 3.00 bits per heavy atom. The van der Waals surface area contributed by atoms with Gasteiger partial charge in [0.2, 0.25) is 5.89 Å². The van der Waals surface area contributed by atoms with Crippen molar-refractivity contribution >= 4 is 5.91 Å². The molecule has 0 bridgehead atoms. The third-order valence-corrected chi connectivity index (χ3v) is 3.60. The largest absolute Gasteiger partial charge is 0.447 e. The van der Waals surface area contributed by atoms with Crippen molar-refractivity contribution in [3.05, 3.63) is 17.8 Å². The molecule has 104 valence electrons. The number of hydrogen-bond donors (Lipinski definition) is 2. The van der Waals surface area contributed by atoms with Crippen LogP contribution in [-0.4, -0.2) is 48.5 Å². The third-order valence-electron chi connectivity index (χ3n) is 3.60. The minimum Gasteiger partial charge on any atom is -0.447 e. The molecule has 2 fully saturated rings. The molecule has 1 saturated heterocycles. The van der Waals surface area contributed by atoms with E-state index in [-0.39, 0.29) is 5.91 Å². The number of nitrogens with one attached hydrogen (secondary N) is 2. The van der Waals surface area contributed by atoms with Crippen LogP contribution >= 0.6 is 0 Å². The number of oxazole rings is 1. The summed E-state index contributed by atoms with van der Waals surface area (Å²) in [6, 6.07) is 0. The average molecular weight is 264 g/mol. The molecule has 1 aromatic rings. The Morgan fingerprint density at radius 1 is 1.47 bits per heavy atom. The van der Waals surface area contributed by atoms with E-state index in [4.69, 9.17) is 4.42 Å². The van der Waals surface area contributed by atoms with Crippen LogP contribution in [-0.2, 0) is 6.54 Å². The normalized spacial score (nSPS) is 20.4. The minimum absolute atomic E-state index is 0.123. The zero-order valence-electron chi connectivity index (χ0n) is 11.0. The van der Waals surface area contributed by atoms with Gasteiger partial charge in [-0.25, -0.2) is 4.98 Å². The molecule has 19 heavy (non-hydrogen) atoms. The van der Waals surface area contributed by atoms with E-state index < -0.39 is 0 Å². The van der Waals surface area contributed by atoms with Crippen molar-refractivity contribution in [1.82, 2.24) is 20.5 Å². The first-order valence-corrected chi connectivity index (χ1v) is 6.97. The molecule has 1 aromatic heterocycles. The first-order chi connectivity index (χ1) is 9.31. The van der Waals surface area contributed by atoms with E-state index in [0.717, 1.165) is 32.7 Å². The maximum absolute atomic E-state index is 11.8. The lowest BCUT2D eigenvalue weighted by atomic mass is 10.3. The van der Waals surface area contributed by atoms with Gasteiger partial charge in [0.1, 0.15) is 6.26 Å². The van der Waals surface area contributed by atoms with E-state index in [9.17, 15) is 4.79 Å². The monoisotopic (exact) mass is 264 g/mol. The number of piperazine rings is 1. The molecule has 0 radical (unpaired) electrons. The molecular formula is C13H20N4O2. The Kier molecular flexibility index (Phi) is 3.79. The second-order valence-corrected chi connectivity index (χ2v) is 5.31. The van der Waals surface area contributed by atoms with Crippen LogP contribution in [0, 0.1) is 5.92 Å². The Balaban J connectivity index is 1.51. The van der Waals surface area contributed by atoms with Crippen LogP contribution in [0.3, 0.4) is 0 Å². The van der Waals surface area contributed by atoms with Crippen LogP contribution in [0.4, 0.5) is 0 Å². The molecule has 1 saturated carbocycles. The van der Waals surface area contributed by atoms with Gasteiger partial charge in [-0.2, -0.15) is 0 Å². The molecule has 1 amide bonds. The number of amides is 1. The lowest BCUT2D eigenvalue weighted by Crippen LogP contribution is -2.42. The highest BCUT2D eigenvalue weighted by molar-refractivity contribution is 5.91. The number of carbonyl (C=O) groups excluding carboxylic acids is 1. The van der Waals surface area contributed by atoms with Crippen LogP contribution in [0.15, 0.2) is 10.7 Å². The highest BCUT2D eigenvalue weighted by Crippen LogP contribution is 2.27. The summed E-state index contributed by atoms with van der Waals surface area (Å²) in [7, 11) is 0.